The van der Waals surface area contributed by atoms with Gasteiger partial charge in [-0.15, -0.1) is 34.2 Å². The Hall–Kier alpha value is -2.23. The zero-order valence-corrected chi connectivity index (χ0v) is 16.9. The van der Waals surface area contributed by atoms with E-state index in [0.717, 1.165) is 18.0 Å². The number of hydrogen-bond acceptors (Lipinski definition) is 3. The number of nitrogens with one attached hydrogen (secondary N) is 2. The fourth-order valence-electron chi connectivity index (χ4n) is 2.51. The van der Waals surface area contributed by atoms with Crippen molar-refractivity contribution in [2.24, 2.45) is 4.99 Å². The summed E-state index contributed by atoms with van der Waals surface area (Å²) in [5, 5.41) is 14.7. The van der Waals surface area contributed by atoms with E-state index < -0.39 is 0 Å². The van der Waals surface area contributed by atoms with E-state index in [1.165, 1.54) is 6.07 Å². The largest absolute Gasteiger partial charge is 0.357 e. The second kappa shape index (κ2) is 10.0. The number of fused-ring (bicyclic) bond motifs is 1. The lowest BCUT2D eigenvalue weighted by molar-refractivity contribution is 0.606. The molecule has 0 bridgehead atoms. The van der Waals surface area contributed by atoms with Crippen LogP contribution in [0.15, 0.2) is 53.7 Å². The molecule has 0 aliphatic rings. The molecule has 0 fully saturated rings. The lowest BCUT2D eigenvalue weighted by Crippen LogP contribution is -2.38. The van der Waals surface area contributed by atoms with E-state index in [0.29, 0.717) is 31.0 Å². The van der Waals surface area contributed by atoms with Crippen molar-refractivity contribution >= 4 is 35.6 Å². The molecule has 0 amide bonds. The van der Waals surface area contributed by atoms with Crippen molar-refractivity contribution in [2.45, 2.75) is 19.9 Å². The van der Waals surface area contributed by atoms with Gasteiger partial charge in [0, 0.05) is 19.3 Å². The summed E-state index contributed by atoms with van der Waals surface area (Å²) >= 11 is 0. The number of halogens is 2. The van der Waals surface area contributed by atoms with Crippen LogP contribution in [0.2, 0.25) is 0 Å². The van der Waals surface area contributed by atoms with Crippen LogP contribution in [0.4, 0.5) is 4.39 Å². The minimum atomic E-state index is -0.179. The first-order valence-corrected chi connectivity index (χ1v) is 8.32. The zero-order chi connectivity index (χ0) is 17.5. The first-order valence-electron chi connectivity index (χ1n) is 8.32. The Labute approximate surface area is 169 Å². The molecule has 3 aromatic rings. The molecule has 0 aliphatic carbocycles. The summed E-state index contributed by atoms with van der Waals surface area (Å²) in [4.78, 5) is 4.54. The first-order chi connectivity index (χ1) is 12.3. The summed E-state index contributed by atoms with van der Waals surface area (Å²) < 4.78 is 15.6. The van der Waals surface area contributed by atoms with E-state index in [9.17, 15) is 4.39 Å². The van der Waals surface area contributed by atoms with Gasteiger partial charge in [-0.05, 0) is 37.1 Å². The third-order valence-corrected chi connectivity index (χ3v) is 3.75. The number of aromatic nitrogens is 3. The molecule has 0 saturated carbocycles. The third-order valence-electron chi connectivity index (χ3n) is 3.75. The van der Waals surface area contributed by atoms with Gasteiger partial charge in [-0.1, -0.05) is 24.3 Å². The summed E-state index contributed by atoms with van der Waals surface area (Å²) in [6.07, 6.45) is 2.50. The molecule has 0 saturated heterocycles. The van der Waals surface area contributed by atoms with E-state index >= 15 is 0 Å². The Balaban J connectivity index is 0.00000243. The second-order valence-electron chi connectivity index (χ2n) is 5.51. The van der Waals surface area contributed by atoms with E-state index in [2.05, 4.69) is 25.8 Å². The molecule has 0 radical (unpaired) electrons. The summed E-state index contributed by atoms with van der Waals surface area (Å²) in [5.74, 6) is 1.26. The number of pyridine rings is 1. The van der Waals surface area contributed by atoms with E-state index in [4.69, 9.17) is 0 Å². The molecular formula is C18H22FIN6. The fourth-order valence-corrected chi connectivity index (χ4v) is 2.51. The standard InChI is InChI=1S/C18H21FN6.HI/c1-2-20-18(21-11-10-14-7-3-4-8-15(14)19)22-13-17-24-23-16-9-5-6-12-25(16)17;/h3-9,12H,2,10-11,13H2,1H3,(H2,20,21,22);1H. The molecule has 2 aromatic heterocycles. The highest BCUT2D eigenvalue weighted by atomic mass is 127. The maximum atomic E-state index is 13.7. The molecule has 2 N–H and O–H groups in total. The Morgan fingerprint density at radius 1 is 1.12 bits per heavy atom. The van der Waals surface area contributed by atoms with Gasteiger partial charge < -0.3 is 10.6 Å². The highest BCUT2D eigenvalue weighted by Crippen LogP contribution is 2.06. The minimum absolute atomic E-state index is 0. The van der Waals surface area contributed by atoms with Crippen LogP contribution in [-0.4, -0.2) is 33.6 Å². The van der Waals surface area contributed by atoms with E-state index in [1.54, 1.807) is 12.1 Å². The predicted molar refractivity (Wildman–Crippen MR) is 111 cm³/mol. The van der Waals surface area contributed by atoms with Crippen molar-refractivity contribution in [3.05, 3.63) is 65.9 Å². The Bertz CT molecular complexity index is 864. The molecule has 3 rings (SSSR count). The van der Waals surface area contributed by atoms with Gasteiger partial charge in [0.2, 0.25) is 0 Å². The normalized spacial score (nSPS) is 11.2. The van der Waals surface area contributed by atoms with Crippen LogP contribution in [0.25, 0.3) is 5.65 Å². The van der Waals surface area contributed by atoms with Crippen molar-refractivity contribution in [2.75, 3.05) is 13.1 Å². The van der Waals surface area contributed by atoms with Gasteiger partial charge in [-0.2, -0.15) is 0 Å². The summed E-state index contributed by atoms with van der Waals surface area (Å²) in [5.41, 5.74) is 1.49. The van der Waals surface area contributed by atoms with Crippen LogP contribution in [0.5, 0.6) is 0 Å². The lowest BCUT2D eigenvalue weighted by Gasteiger charge is -2.11. The SMILES string of the molecule is CCNC(=NCc1nnc2ccccn12)NCCc1ccccc1F.I. The topological polar surface area (TPSA) is 66.6 Å². The van der Waals surface area contributed by atoms with Crippen LogP contribution in [0.3, 0.4) is 0 Å². The number of rotatable bonds is 6. The monoisotopic (exact) mass is 468 g/mol. The van der Waals surface area contributed by atoms with Gasteiger partial charge in [0.25, 0.3) is 0 Å². The van der Waals surface area contributed by atoms with Gasteiger partial charge in [-0.3, -0.25) is 4.40 Å². The minimum Gasteiger partial charge on any atom is -0.357 e. The molecule has 0 unspecified atom stereocenters. The number of benzene rings is 1. The number of guanidine groups is 1. The Kier molecular flexibility index (Phi) is 7.76. The molecule has 6 nitrogen and oxygen atoms in total. The number of hydrogen-bond donors (Lipinski definition) is 2. The molecule has 138 valence electrons. The molecule has 0 spiro atoms. The average Bonchev–Trinajstić information content (AvgIpc) is 3.04. The maximum absolute atomic E-state index is 13.7. The van der Waals surface area contributed by atoms with E-state index in [-0.39, 0.29) is 29.8 Å². The number of aliphatic imine (C=N–C) groups is 1. The predicted octanol–water partition coefficient (Wildman–Crippen LogP) is 2.78. The fraction of sp³-hybridized carbons (Fsp3) is 0.278. The van der Waals surface area contributed by atoms with Crippen LogP contribution in [0.1, 0.15) is 18.3 Å². The van der Waals surface area contributed by atoms with Crippen molar-refractivity contribution in [3.8, 4) is 0 Å². The highest BCUT2D eigenvalue weighted by Gasteiger charge is 2.05. The molecule has 2 heterocycles. The van der Waals surface area contributed by atoms with Crippen LogP contribution >= 0.6 is 24.0 Å². The summed E-state index contributed by atoms with van der Waals surface area (Å²) in [6.45, 7) is 3.74. The van der Waals surface area contributed by atoms with Crippen LogP contribution in [0, 0.1) is 5.82 Å². The van der Waals surface area contributed by atoms with Gasteiger partial charge in [-0.25, -0.2) is 9.38 Å². The second-order valence-corrected chi connectivity index (χ2v) is 5.51. The van der Waals surface area contributed by atoms with Gasteiger partial charge in [0.1, 0.15) is 12.4 Å². The molecule has 26 heavy (non-hydrogen) atoms. The molecule has 8 heteroatoms. The van der Waals surface area contributed by atoms with E-state index in [1.807, 2.05) is 41.8 Å². The first kappa shape index (κ1) is 20.1. The quantitative estimate of drug-likeness (QED) is 0.332. The smallest absolute Gasteiger partial charge is 0.191 e. The zero-order valence-electron chi connectivity index (χ0n) is 14.5. The maximum Gasteiger partial charge on any atom is 0.191 e. The highest BCUT2D eigenvalue weighted by molar-refractivity contribution is 14.0. The number of nitrogens with zero attached hydrogens (tertiary/aromatic N) is 4. The summed E-state index contributed by atoms with van der Waals surface area (Å²) in [7, 11) is 0. The Morgan fingerprint density at radius 3 is 2.73 bits per heavy atom. The van der Waals surface area contributed by atoms with Crippen molar-refractivity contribution in [1.29, 1.82) is 0 Å². The van der Waals surface area contributed by atoms with Crippen LogP contribution < -0.4 is 10.6 Å². The van der Waals surface area contributed by atoms with Gasteiger partial charge in [0.15, 0.2) is 17.4 Å². The Morgan fingerprint density at radius 2 is 1.92 bits per heavy atom. The van der Waals surface area contributed by atoms with Gasteiger partial charge in [0.05, 0.1) is 0 Å². The molecule has 0 atom stereocenters. The lowest BCUT2D eigenvalue weighted by atomic mass is 10.1. The summed E-state index contributed by atoms with van der Waals surface area (Å²) in [6, 6.07) is 12.6. The van der Waals surface area contributed by atoms with Crippen molar-refractivity contribution in [3.63, 3.8) is 0 Å². The average molecular weight is 468 g/mol. The molecular weight excluding hydrogens is 446 g/mol. The van der Waals surface area contributed by atoms with Crippen molar-refractivity contribution in [1.82, 2.24) is 25.2 Å². The molecule has 1 aromatic carbocycles. The van der Waals surface area contributed by atoms with Crippen LogP contribution in [-0.2, 0) is 13.0 Å². The molecule has 0 aliphatic heterocycles. The van der Waals surface area contributed by atoms with Crippen molar-refractivity contribution < 1.29 is 4.39 Å². The van der Waals surface area contributed by atoms with Gasteiger partial charge >= 0.3 is 0 Å². The third kappa shape index (κ3) is 5.13.